The monoisotopic (exact) mass is 402 g/mol. The summed E-state index contributed by atoms with van der Waals surface area (Å²) in [6, 6.07) is 4.13. The summed E-state index contributed by atoms with van der Waals surface area (Å²) in [6.07, 6.45) is 1.96. The molecule has 2 aromatic rings. The maximum Gasteiger partial charge on any atom is 0.297 e. The molecular formula is C13H12FIN4O2. The number of carbonyl (C=O) groups excluding carboxylic acids is 1. The molecule has 1 aromatic carbocycles. The first kappa shape index (κ1) is 14.4. The molecule has 1 amide bonds. The van der Waals surface area contributed by atoms with E-state index < -0.39 is 5.91 Å². The Morgan fingerprint density at radius 1 is 1.52 bits per heavy atom. The number of nitrogens with zero attached hydrogens (tertiary/aromatic N) is 2. The van der Waals surface area contributed by atoms with Gasteiger partial charge in [0.1, 0.15) is 5.82 Å². The largest absolute Gasteiger partial charge is 0.337 e. The summed E-state index contributed by atoms with van der Waals surface area (Å²) in [5.74, 6) is -0.440. The first-order chi connectivity index (χ1) is 10.1. The second-order valence-corrected chi connectivity index (χ2v) is 5.85. The Balaban J connectivity index is 1.73. The van der Waals surface area contributed by atoms with Crippen LogP contribution in [-0.4, -0.2) is 22.6 Å². The van der Waals surface area contributed by atoms with Crippen LogP contribution in [0.1, 0.15) is 35.4 Å². The van der Waals surface area contributed by atoms with Crippen LogP contribution in [0.25, 0.3) is 0 Å². The normalized spacial score (nSPS) is 17.9. The number of anilines is 1. The fourth-order valence-electron chi connectivity index (χ4n) is 2.13. The first-order valence-corrected chi connectivity index (χ1v) is 7.55. The van der Waals surface area contributed by atoms with Crippen LogP contribution in [0.15, 0.2) is 22.7 Å². The highest BCUT2D eigenvalue weighted by Gasteiger charge is 2.24. The smallest absolute Gasteiger partial charge is 0.297 e. The third-order valence-electron chi connectivity index (χ3n) is 3.18. The highest BCUT2D eigenvalue weighted by atomic mass is 127. The van der Waals surface area contributed by atoms with Crippen LogP contribution in [0, 0.1) is 9.39 Å². The van der Waals surface area contributed by atoms with Gasteiger partial charge in [-0.3, -0.25) is 4.79 Å². The number of carbonyl (C=O) groups is 1. The van der Waals surface area contributed by atoms with Crippen LogP contribution in [-0.2, 0) is 0 Å². The molecule has 0 radical (unpaired) electrons. The van der Waals surface area contributed by atoms with Crippen molar-refractivity contribution in [2.45, 2.75) is 18.9 Å². The van der Waals surface area contributed by atoms with Crippen molar-refractivity contribution in [3.8, 4) is 0 Å². The van der Waals surface area contributed by atoms with E-state index in [1.807, 2.05) is 22.6 Å². The number of hydrogen-bond donors (Lipinski definition) is 2. The zero-order valence-corrected chi connectivity index (χ0v) is 13.1. The van der Waals surface area contributed by atoms with Gasteiger partial charge in [-0.1, -0.05) is 5.16 Å². The summed E-state index contributed by atoms with van der Waals surface area (Å²) >= 11 is 1.95. The van der Waals surface area contributed by atoms with Crippen molar-refractivity contribution >= 4 is 34.2 Å². The topological polar surface area (TPSA) is 80.0 Å². The Labute approximate surface area is 133 Å². The molecule has 110 valence electrons. The fraction of sp³-hybridized carbons (Fsp3) is 0.308. The van der Waals surface area contributed by atoms with E-state index in [1.54, 1.807) is 0 Å². The maximum absolute atomic E-state index is 13.0. The standard InChI is InChI=1S/C13H12FIN4O2/c14-7-3-4-9(8(15)6-7)17-12(20)11-18-13(21-19-11)10-2-1-5-16-10/h3-4,6,10,16H,1-2,5H2,(H,17,20). The van der Waals surface area contributed by atoms with Gasteiger partial charge in [-0.15, -0.1) is 0 Å². The summed E-state index contributed by atoms with van der Waals surface area (Å²) in [4.78, 5) is 16.2. The molecule has 8 heteroatoms. The first-order valence-electron chi connectivity index (χ1n) is 6.47. The van der Waals surface area contributed by atoms with Gasteiger partial charge < -0.3 is 15.2 Å². The van der Waals surface area contributed by atoms with Gasteiger partial charge in [0.15, 0.2) is 0 Å². The molecule has 0 aliphatic carbocycles. The number of rotatable bonds is 3. The summed E-state index contributed by atoms with van der Waals surface area (Å²) in [7, 11) is 0. The van der Waals surface area contributed by atoms with Crippen LogP contribution < -0.4 is 10.6 Å². The van der Waals surface area contributed by atoms with Gasteiger partial charge in [0.25, 0.3) is 11.7 Å². The quantitative estimate of drug-likeness (QED) is 0.772. The van der Waals surface area contributed by atoms with Crippen molar-refractivity contribution in [1.82, 2.24) is 15.5 Å². The predicted octanol–water partition coefficient (Wildman–Crippen LogP) is 2.49. The lowest BCUT2D eigenvalue weighted by atomic mass is 10.2. The van der Waals surface area contributed by atoms with Crippen molar-refractivity contribution in [1.29, 1.82) is 0 Å². The van der Waals surface area contributed by atoms with Crippen molar-refractivity contribution < 1.29 is 13.7 Å². The highest BCUT2D eigenvalue weighted by Crippen LogP contribution is 2.22. The molecule has 1 aromatic heterocycles. The Kier molecular flexibility index (Phi) is 4.15. The average molecular weight is 402 g/mol. The molecule has 0 spiro atoms. The number of nitrogens with one attached hydrogen (secondary N) is 2. The zero-order valence-electron chi connectivity index (χ0n) is 10.9. The van der Waals surface area contributed by atoms with E-state index >= 15 is 0 Å². The molecule has 1 aliphatic heterocycles. The molecular weight excluding hydrogens is 390 g/mol. The highest BCUT2D eigenvalue weighted by molar-refractivity contribution is 14.1. The Hall–Kier alpha value is -1.55. The molecule has 0 bridgehead atoms. The molecule has 0 saturated carbocycles. The SMILES string of the molecule is O=C(Nc1ccc(F)cc1I)c1noc(C2CCCN2)n1. The maximum atomic E-state index is 13.0. The molecule has 3 rings (SSSR count). The van der Waals surface area contributed by atoms with E-state index in [9.17, 15) is 9.18 Å². The van der Waals surface area contributed by atoms with Crippen LogP contribution in [0.2, 0.25) is 0 Å². The number of aromatic nitrogens is 2. The predicted molar refractivity (Wildman–Crippen MR) is 81.3 cm³/mol. The minimum atomic E-state index is -0.479. The van der Waals surface area contributed by atoms with Gasteiger partial charge in [-0.05, 0) is 60.2 Å². The fourth-order valence-corrected chi connectivity index (χ4v) is 2.75. The number of benzene rings is 1. The van der Waals surface area contributed by atoms with Gasteiger partial charge in [-0.2, -0.15) is 4.98 Å². The summed E-state index contributed by atoms with van der Waals surface area (Å²) in [5, 5.41) is 9.55. The number of amides is 1. The van der Waals surface area contributed by atoms with Gasteiger partial charge in [0.2, 0.25) is 5.89 Å². The Morgan fingerprint density at radius 2 is 2.38 bits per heavy atom. The van der Waals surface area contributed by atoms with Crippen LogP contribution in [0.4, 0.5) is 10.1 Å². The second-order valence-electron chi connectivity index (χ2n) is 4.68. The molecule has 1 aliphatic rings. The molecule has 21 heavy (non-hydrogen) atoms. The molecule has 6 nitrogen and oxygen atoms in total. The minimum absolute atomic E-state index is 0.0185. The number of halogens is 2. The lowest BCUT2D eigenvalue weighted by Crippen LogP contribution is -2.16. The molecule has 2 N–H and O–H groups in total. The van der Waals surface area contributed by atoms with E-state index in [2.05, 4.69) is 20.8 Å². The Morgan fingerprint density at radius 3 is 3.10 bits per heavy atom. The number of hydrogen-bond acceptors (Lipinski definition) is 5. The summed E-state index contributed by atoms with van der Waals surface area (Å²) in [6.45, 7) is 0.905. The van der Waals surface area contributed by atoms with Crippen molar-refractivity contribution in [2.24, 2.45) is 0 Å². The molecule has 1 atom stereocenters. The van der Waals surface area contributed by atoms with E-state index in [0.717, 1.165) is 19.4 Å². The van der Waals surface area contributed by atoms with Crippen LogP contribution in [0.3, 0.4) is 0 Å². The van der Waals surface area contributed by atoms with E-state index in [1.165, 1.54) is 18.2 Å². The van der Waals surface area contributed by atoms with Gasteiger partial charge >= 0.3 is 0 Å². The van der Waals surface area contributed by atoms with Crippen LogP contribution >= 0.6 is 22.6 Å². The zero-order chi connectivity index (χ0) is 14.8. The molecule has 2 heterocycles. The van der Waals surface area contributed by atoms with Crippen molar-refractivity contribution in [2.75, 3.05) is 11.9 Å². The van der Waals surface area contributed by atoms with Gasteiger partial charge in [-0.25, -0.2) is 4.39 Å². The van der Waals surface area contributed by atoms with Gasteiger partial charge in [0, 0.05) is 3.57 Å². The summed E-state index contributed by atoms with van der Waals surface area (Å²) < 4.78 is 18.7. The second kappa shape index (κ2) is 6.06. The average Bonchev–Trinajstić information content (AvgIpc) is 3.10. The Bertz CT molecular complexity index is 670. The van der Waals surface area contributed by atoms with Crippen LogP contribution in [0.5, 0.6) is 0 Å². The van der Waals surface area contributed by atoms with Crippen molar-refractivity contribution in [3.05, 3.63) is 39.3 Å². The molecule has 1 unspecified atom stereocenters. The third-order valence-corrected chi connectivity index (χ3v) is 4.08. The van der Waals surface area contributed by atoms with E-state index in [4.69, 9.17) is 4.52 Å². The molecule has 1 fully saturated rings. The van der Waals surface area contributed by atoms with E-state index in [-0.39, 0.29) is 17.7 Å². The molecule has 1 saturated heterocycles. The van der Waals surface area contributed by atoms with Gasteiger partial charge in [0.05, 0.1) is 11.7 Å². The third kappa shape index (κ3) is 3.21. The van der Waals surface area contributed by atoms with E-state index in [0.29, 0.717) is 15.1 Å². The van der Waals surface area contributed by atoms with Crippen molar-refractivity contribution in [3.63, 3.8) is 0 Å². The lowest BCUT2D eigenvalue weighted by Gasteiger charge is -2.05. The lowest BCUT2D eigenvalue weighted by molar-refractivity contribution is 0.101. The summed E-state index contributed by atoms with van der Waals surface area (Å²) in [5.41, 5.74) is 0.507. The minimum Gasteiger partial charge on any atom is -0.337 e.